The largest absolute Gasteiger partial charge is 0.381 e. The molecular weight excluding hydrogens is 294 g/mol. The molecule has 1 aliphatic heterocycles. The Balaban J connectivity index is 1.84. The molecular formula is C16H21N5O2. The van der Waals surface area contributed by atoms with Crippen molar-refractivity contribution in [3.63, 3.8) is 0 Å². The van der Waals surface area contributed by atoms with E-state index in [4.69, 9.17) is 4.74 Å². The standard InChI is InChI=1S/C16H21N5O2/c1-2-21-6-5-19-15(21)14(12-3-7-23-8-4-12)20-16(22)13-9-17-11-18-10-13/h5-6,9-12,14H,2-4,7-8H2,1H3,(H,20,22). The van der Waals surface area contributed by atoms with Gasteiger partial charge in [0.15, 0.2) is 0 Å². The second-order valence-corrected chi connectivity index (χ2v) is 5.60. The van der Waals surface area contributed by atoms with Crippen LogP contribution >= 0.6 is 0 Å². The third-order valence-electron chi connectivity index (χ3n) is 4.21. The van der Waals surface area contributed by atoms with Crippen LogP contribution in [-0.2, 0) is 11.3 Å². The molecule has 0 bridgehead atoms. The predicted molar refractivity (Wildman–Crippen MR) is 83.7 cm³/mol. The van der Waals surface area contributed by atoms with Crippen LogP contribution in [0.25, 0.3) is 0 Å². The fraction of sp³-hybridized carbons (Fsp3) is 0.500. The van der Waals surface area contributed by atoms with Gasteiger partial charge in [0.05, 0.1) is 11.6 Å². The molecule has 0 spiro atoms. The summed E-state index contributed by atoms with van der Waals surface area (Å²) < 4.78 is 7.52. The quantitative estimate of drug-likeness (QED) is 0.906. The van der Waals surface area contributed by atoms with Gasteiger partial charge in [-0.3, -0.25) is 4.79 Å². The minimum Gasteiger partial charge on any atom is -0.381 e. The highest BCUT2D eigenvalue weighted by Gasteiger charge is 2.30. The number of hydrogen-bond acceptors (Lipinski definition) is 5. The Hall–Kier alpha value is -2.28. The van der Waals surface area contributed by atoms with E-state index in [2.05, 4.69) is 31.8 Å². The Bertz CT molecular complexity index is 637. The molecule has 7 heteroatoms. The Kier molecular flexibility index (Phi) is 4.97. The molecule has 23 heavy (non-hydrogen) atoms. The lowest BCUT2D eigenvalue weighted by Gasteiger charge is -2.30. The molecule has 2 aromatic heterocycles. The van der Waals surface area contributed by atoms with Gasteiger partial charge in [-0.2, -0.15) is 0 Å². The highest BCUT2D eigenvalue weighted by molar-refractivity contribution is 5.93. The van der Waals surface area contributed by atoms with Gasteiger partial charge in [-0.1, -0.05) is 0 Å². The topological polar surface area (TPSA) is 81.9 Å². The van der Waals surface area contributed by atoms with Crippen molar-refractivity contribution in [3.05, 3.63) is 42.5 Å². The van der Waals surface area contributed by atoms with Crippen LogP contribution in [0, 0.1) is 5.92 Å². The van der Waals surface area contributed by atoms with Gasteiger partial charge in [0, 0.05) is 44.5 Å². The molecule has 1 fully saturated rings. The van der Waals surface area contributed by atoms with Crippen molar-refractivity contribution >= 4 is 5.91 Å². The van der Waals surface area contributed by atoms with E-state index in [-0.39, 0.29) is 11.9 Å². The highest BCUT2D eigenvalue weighted by atomic mass is 16.5. The van der Waals surface area contributed by atoms with Gasteiger partial charge >= 0.3 is 0 Å². The Labute approximate surface area is 135 Å². The minimum atomic E-state index is -0.173. The summed E-state index contributed by atoms with van der Waals surface area (Å²) in [5.41, 5.74) is 0.458. The number of carbonyl (C=O) groups excluding carboxylic acids is 1. The van der Waals surface area contributed by atoms with Crippen LogP contribution in [0.5, 0.6) is 0 Å². The summed E-state index contributed by atoms with van der Waals surface area (Å²) in [6.07, 6.45) is 10.0. The molecule has 3 rings (SSSR count). The number of aromatic nitrogens is 4. The molecule has 1 atom stereocenters. The molecule has 1 N–H and O–H groups in total. The summed E-state index contributed by atoms with van der Waals surface area (Å²) in [6, 6.07) is -0.137. The second kappa shape index (κ2) is 7.32. The number of ether oxygens (including phenoxy) is 1. The Morgan fingerprint density at radius 3 is 2.83 bits per heavy atom. The van der Waals surface area contributed by atoms with Gasteiger partial charge in [0.2, 0.25) is 0 Å². The van der Waals surface area contributed by atoms with E-state index in [1.165, 1.54) is 18.7 Å². The van der Waals surface area contributed by atoms with E-state index in [0.717, 1.165) is 38.4 Å². The molecule has 0 radical (unpaired) electrons. The molecule has 1 saturated heterocycles. The number of rotatable bonds is 5. The molecule has 3 heterocycles. The summed E-state index contributed by atoms with van der Waals surface area (Å²) in [5.74, 6) is 1.03. The van der Waals surface area contributed by atoms with Gasteiger partial charge < -0.3 is 14.6 Å². The average molecular weight is 315 g/mol. The Morgan fingerprint density at radius 2 is 2.13 bits per heavy atom. The van der Waals surface area contributed by atoms with E-state index < -0.39 is 0 Å². The Morgan fingerprint density at radius 1 is 1.39 bits per heavy atom. The summed E-state index contributed by atoms with van der Waals surface area (Å²) in [6.45, 7) is 4.33. The van der Waals surface area contributed by atoms with E-state index in [0.29, 0.717) is 11.5 Å². The molecule has 2 aromatic rings. The number of imidazole rings is 1. The molecule has 1 amide bonds. The van der Waals surface area contributed by atoms with Gasteiger partial charge in [0.1, 0.15) is 12.2 Å². The lowest BCUT2D eigenvalue weighted by molar-refractivity contribution is 0.0498. The molecule has 1 unspecified atom stereocenters. The van der Waals surface area contributed by atoms with Crippen LogP contribution in [0.2, 0.25) is 0 Å². The predicted octanol–water partition coefficient (Wildman–Crippen LogP) is 1.59. The van der Waals surface area contributed by atoms with Crippen molar-refractivity contribution in [2.75, 3.05) is 13.2 Å². The normalized spacial score (nSPS) is 16.9. The van der Waals surface area contributed by atoms with Gasteiger partial charge in [-0.15, -0.1) is 0 Å². The molecule has 7 nitrogen and oxygen atoms in total. The maximum atomic E-state index is 12.5. The molecule has 0 saturated carbocycles. The van der Waals surface area contributed by atoms with Crippen molar-refractivity contribution < 1.29 is 9.53 Å². The van der Waals surface area contributed by atoms with Crippen LogP contribution in [0.15, 0.2) is 31.1 Å². The second-order valence-electron chi connectivity index (χ2n) is 5.60. The first-order chi connectivity index (χ1) is 11.3. The van der Waals surface area contributed by atoms with E-state index in [1.807, 2.05) is 6.20 Å². The van der Waals surface area contributed by atoms with Gasteiger partial charge in [-0.25, -0.2) is 15.0 Å². The lowest BCUT2D eigenvalue weighted by atomic mass is 9.90. The summed E-state index contributed by atoms with van der Waals surface area (Å²) in [4.78, 5) is 24.8. The number of hydrogen-bond donors (Lipinski definition) is 1. The van der Waals surface area contributed by atoms with E-state index in [1.54, 1.807) is 6.20 Å². The monoisotopic (exact) mass is 315 g/mol. The van der Waals surface area contributed by atoms with Crippen LogP contribution in [0.1, 0.15) is 42.0 Å². The zero-order valence-electron chi connectivity index (χ0n) is 13.2. The first-order valence-electron chi connectivity index (χ1n) is 7.94. The maximum absolute atomic E-state index is 12.5. The van der Waals surface area contributed by atoms with Gasteiger partial charge in [0.25, 0.3) is 5.91 Å². The van der Waals surface area contributed by atoms with Crippen molar-refractivity contribution in [1.29, 1.82) is 0 Å². The number of amides is 1. The minimum absolute atomic E-state index is 0.137. The van der Waals surface area contributed by atoms with Crippen molar-refractivity contribution in [2.24, 2.45) is 5.92 Å². The highest BCUT2D eigenvalue weighted by Crippen LogP contribution is 2.29. The third kappa shape index (κ3) is 3.56. The first kappa shape index (κ1) is 15.6. The van der Waals surface area contributed by atoms with E-state index >= 15 is 0 Å². The first-order valence-corrected chi connectivity index (χ1v) is 7.94. The zero-order chi connectivity index (χ0) is 16.1. The maximum Gasteiger partial charge on any atom is 0.255 e. The molecule has 122 valence electrons. The van der Waals surface area contributed by atoms with Crippen LogP contribution in [0.4, 0.5) is 0 Å². The number of nitrogens with zero attached hydrogens (tertiary/aromatic N) is 4. The van der Waals surface area contributed by atoms with Crippen LogP contribution < -0.4 is 5.32 Å². The molecule has 1 aliphatic rings. The number of aryl methyl sites for hydroxylation is 1. The smallest absolute Gasteiger partial charge is 0.255 e. The fourth-order valence-corrected chi connectivity index (χ4v) is 2.95. The molecule has 0 aromatic carbocycles. The average Bonchev–Trinajstić information content (AvgIpc) is 3.09. The van der Waals surface area contributed by atoms with Crippen molar-refractivity contribution in [3.8, 4) is 0 Å². The summed E-state index contributed by atoms with van der Waals surface area (Å²) in [7, 11) is 0. The SMILES string of the molecule is CCn1ccnc1C(NC(=O)c1cncnc1)C1CCOCC1. The van der Waals surface area contributed by atoms with Crippen molar-refractivity contribution in [1.82, 2.24) is 24.8 Å². The third-order valence-corrected chi connectivity index (χ3v) is 4.21. The fourth-order valence-electron chi connectivity index (χ4n) is 2.95. The zero-order valence-corrected chi connectivity index (χ0v) is 13.2. The van der Waals surface area contributed by atoms with E-state index in [9.17, 15) is 4.79 Å². The number of nitrogens with one attached hydrogen (secondary N) is 1. The number of carbonyl (C=O) groups is 1. The summed E-state index contributed by atoms with van der Waals surface area (Å²) in [5, 5.41) is 3.12. The van der Waals surface area contributed by atoms with Crippen LogP contribution in [-0.4, -0.2) is 38.6 Å². The lowest BCUT2D eigenvalue weighted by Crippen LogP contribution is -2.37. The molecule has 0 aliphatic carbocycles. The van der Waals surface area contributed by atoms with Crippen molar-refractivity contribution in [2.45, 2.75) is 32.4 Å². The summed E-state index contributed by atoms with van der Waals surface area (Å²) >= 11 is 0. The van der Waals surface area contributed by atoms with Crippen LogP contribution in [0.3, 0.4) is 0 Å². The van der Waals surface area contributed by atoms with Gasteiger partial charge in [-0.05, 0) is 25.7 Å².